The Labute approximate surface area is 109 Å². The van der Waals surface area contributed by atoms with Gasteiger partial charge in [-0.15, -0.1) is 0 Å². The van der Waals surface area contributed by atoms with Crippen LogP contribution in [0.2, 0.25) is 0 Å². The lowest BCUT2D eigenvalue weighted by molar-refractivity contribution is 0.0202. The third-order valence-corrected chi connectivity index (χ3v) is 6.04. The molecule has 18 heavy (non-hydrogen) atoms. The predicted octanol–water partition coefficient (Wildman–Crippen LogP) is 2.32. The van der Waals surface area contributed by atoms with Gasteiger partial charge in [0, 0.05) is 13.1 Å². The number of rotatable bonds is 7. The monoisotopic (exact) mass is 277 g/mol. The molecule has 0 spiro atoms. The van der Waals surface area contributed by atoms with Crippen molar-refractivity contribution in [2.24, 2.45) is 5.92 Å². The van der Waals surface area contributed by atoms with Crippen LogP contribution in [0.5, 0.6) is 0 Å². The van der Waals surface area contributed by atoms with Crippen molar-refractivity contribution in [2.45, 2.75) is 32.5 Å². The maximum Gasteiger partial charge on any atom is 0.347 e. The van der Waals surface area contributed by atoms with E-state index < -0.39 is 7.60 Å². The first-order valence-electron chi connectivity index (χ1n) is 6.92. The molecular weight excluding hydrogens is 253 g/mol. The van der Waals surface area contributed by atoms with Crippen LogP contribution in [0.25, 0.3) is 0 Å². The second-order valence-electron chi connectivity index (χ2n) is 4.77. The van der Waals surface area contributed by atoms with Crippen LogP contribution in [0, 0.1) is 5.92 Å². The van der Waals surface area contributed by atoms with Gasteiger partial charge in [-0.2, -0.15) is 0 Å². The van der Waals surface area contributed by atoms with Crippen LogP contribution in [0.4, 0.5) is 0 Å². The van der Waals surface area contributed by atoms with E-state index in [9.17, 15) is 4.57 Å². The van der Waals surface area contributed by atoms with E-state index in [1.165, 1.54) is 0 Å². The molecule has 0 aromatic rings. The van der Waals surface area contributed by atoms with Gasteiger partial charge < -0.3 is 13.8 Å². The standard InChI is InChI=1S/C12H24NO4P/c1-3-16-18(14,17-4-2)12(11-5-6-11)13-7-9-15-10-8-13/h11-12H,3-10H2,1-2H3. The predicted molar refractivity (Wildman–Crippen MR) is 69.8 cm³/mol. The Morgan fingerprint density at radius 1 is 1.22 bits per heavy atom. The smallest absolute Gasteiger partial charge is 0.347 e. The maximum atomic E-state index is 13.0. The normalized spacial score (nSPS) is 24.1. The van der Waals surface area contributed by atoms with Crippen molar-refractivity contribution < 1.29 is 18.3 Å². The van der Waals surface area contributed by atoms with Gasteiger partial charge in [0.1, 0.15) is 5.78 Å². The fourth-order valence-corrected chi connectivity index (χ4v) is 5.09. The first kappa shape index (κ1) is 14.5. The highest BCUT2D eigenvalue weighted by Crippen LogP contribution is 2.61. The number of hydrogen-bond donors (Lipinski definition) is 0. The number of nitrogens with zero attached hydrogens (tertiary/aromatic N) is 1. The molecule has 1 heterocycles. The van der Waals surface area contributed by atoms with Crippen LogP contribution in [-0.4, -0.2) is 50.2 Å². The molecule has 1 aliphatic heterocycles. The second kappa shape index (κ2) is 6.49. The Kier molecular flexibility index (Phi) is 5.22. The summed E-state index contributed by atoms with van der Waals surface area (Å²) in [7, 11) is -3.02. The molecule has 2 rings (SSSR count). The van der Waals surface area contributed by atoms with Gasteiger partial charge in [-0.3, -0.25) is 9.46 Å². The second-order valence-corrected chi connectivity index (χ2v) is 6.90. The lowest BCUT2D eigenvalue weighted by atomic mass is 10.3. The maximum absolute atomic E-state index is 13.0. The average molecular weight is 277 g/mol. The molecule has 2 fully saturated rings. The third kappa shape index (κ3) is 3.34. The molecule has 106 valence electrons. The highest BCUT2D eigenvalue weighted by Gasteiger charge is 2.49. The minimum absolute atomic E-state index is 0.0682. The summed E-state index contributed by atoms with van der Waals surface area (Å²) in [6, 6.07) is 0. The van der Waals surface area contributed by atoms with Gasteiger partial charge in [-0.05, 0) is 32.6 Å². The van der Waals surface area contributed by atoms with E-state index in [0.29, 0.717) is 32.3 Å². The van der Waals surface area contributed by atoms with Crippen molar-refractivity contribution in [3.05, 3.63) is 0 Å². The fourth-order valence-electron chi connectivity index (χ4n) is 2.54. The van der Waals surface area contributed by atoms with E-state index >= 15 is 0 Å². The SMILES string of the molecule is CCOP(=O)(OCC)C(C1CC1)N1CCOCC1. The molecule has 0 N–H and O–H groups in total. The molecule has 0 aromatic carbocycles. The Hall–Kier alpha value is 0.0700. The number of hydrogen-bond acceptors (Lipinski definition) is 5. The molecule has 0 radical (unpaired) electrons. The summed E-state index contributed by atoms with van der Waals surface area (Å²) in [5.74, 6) is 0.397. The van der Waals surface area contributed by atoms with E-state index in [1.54, 1.807) is 0 Å². The zero-order valence-corrected chi connectivity index (χ0v) is 12.2. The third-order valence-electron chi connectivity index (χ3n) is 3.41. The molecule has 1 unspecified atom stereocenters. The van der Waals surface area contributed by atoms with Crippen LogP contribution < -0.4 is 0 Å². The summed E-state index contributed by atoms with van der Waals surface area (Å²) in [6.45, 7) is 7.68. The van der Waals surface area contributed by atoms with Crippen LogP contribution in [0.15, 0.2) is 0 Å². The van der Waals surface area contributed by atoms with E-state index in [4.69, 9.17) is 13.8 Å². The Balaban J connectivity index is 2.12. The summed E-state index contributed by atoms with van der Waals surface area (Å²) < 4.78 is 29.4. The quantitative estimate of drug-likeness (QED) is 0.668. The van der Waals surface area contributed by atoms with Gasteiger partial charge in [-0.25, -0.2) is 0 Å². The molecule has 0 amide bonds. The molecule has 1 saturated heterocycles. The van der Waals surface area contributed by atoms with Gasteiger partial charge >= 0.3 is 7.60 Å². The molecule has 0 bridgehead atoms. The molecule has 0 aromatic heterocycles. The molecule has 6 heteroatoms. The van der Waals surface area contributed by atoms with Gasteiger partial charge in [-0.1, -0.05) is 0 Å². The van der Waals surface area contributed by atoms with E-state index in [-0.39, 0.29) is 5.78 Å². The van der Waals surface area contributed by atoms with Gasteiger partial charge in [0.25, 0.3) is 0 Å². The lowest BCUT2D eigenvalue weighted by Crippen LogP contribution is -2.45. The minimum atomic E-state index is -3.02. The van der Waals surface area contributed by atoms with E-state index in [2.05, 4.69) is 4.90 Å². The molecule has 2 aliphatic rings. The first-order valence-corrected chi connectivity index (χ1v) is 8.53. The van der Waals surface area contributed by atoms with Crippen molar-refractivity contribution in [3.8, 4) is 0 Å². The molecular formula is C12H24NO4P. The van der Waals surface area contributed by atoms with Crippen LogP contribution in [0.1, 0.15) is 26.7 Å². The molecule has 1 atom stereocenters. The van der Waals surface area contributed by atoms with Gasteiger partial charge in [0.05, 0.1) is 26.4 Å². The van der Waals surface area contributed by atoms with Crippen molar-refractivity contribution in [1.29, 1.82) is 0 Å². The summed E-state index contributed by atoms with van der Waals surface area (Å²) >= 11 is 0. The zero-order valence-electron chi connectivity index (χ0n) is 11.3. The van der Waals surface area contributed by atoms with Crippen LogP contribution >= 0.6 is 7.60 Å². The Morgan fingerprint density at radius 3 is 2.22 bits per heavy atom. The van der Waals surface area contributed by atoms with Gasteiger partial charge in [0.2, 0.25) is 0 Å². The van der Waals surface area contributed by atoms with Gasteiger partial charge in [0.15, 0.2) is 0 Å². The van der Waals surface area contributed by atoms with E-state index in [1.807, 2.05) is 13.8 Å². The summed E-state index contributed by atoms with van der Waals surface area (Å²) in [5, 5.41) is 0. The van der Waals surface area contributed by atoms with Crippen LogP contribution in [-0.2, 0) is 18.3 Å². The molecule has 1 aliphatic carbocycles. The highest BCUT2D eigenvalue weighted by atomic mass is 31.2. The zero-order chi connectivity index (χ0) is 13.0. The lowest BCUT2D eigenvalue weighted by Gasteiger charge is -2.37. The minimum Gasteiger partial charge on any atom is -0.379 e. The number of ether oxygens (including phenoxy) is 1. The largest absolute Gasteiger partial charge is 0.379 e. The summed E-state index contributed by atoms with van der Waals surface area (Å²) in [6.07, 6.45) is 2.26. The van der Waals surface area contributed by atoms with Crippen LogP contribution in [0.3, 0.4) is 0 Å². The molecule has 5 nitrogen and oxygen atoms in total. The van der Waals surface area contributed by atoms with Crippen molar-refractivity contribution in [3.63, 3.8) is 0 Å². The van der Waals surface area contributed by atoms with Crippen molar-refractivity contribution >= 4 is 7.60 Å². The Morgan fingerprint density at radius 2 is 1.78 bits per heavy atom. The molecule has 1 saturated carbocycles. The van der Waals surface area contributed by atoms with E-state index in [0.717, 1.165) is 25.9 Å². The van der Waals surface area contributed by atoms with Crippen molar-refractivity contribution in [2.75, 3.05) is 39.5 Å². The Bertz CT molecular complexity index is 292. The van der Waals surface area contributed by atoms with Crippen molar-refractivity contribution in [1.82, 2.24) is 4.90 Å². The summed E-state index contributed by atoms with van der Waals surface area (Å²) in [4.78, 5) is 2.24. The summed E-state index contributed by atoms with van der Waals surface area (Å²) in [5.41, 5.74) is 0. The fraction of sp³-hybridized carbons (Fsp3) is 1.00. The highest BCUT2D eigenvalue weighted by molar-refractivity contribution is 7.54. The average Bonchev–Trinajstić information content (AvgIpc) is 3.15. The first-order chi connectivity index (χ1) is 8.71. The topological polar surface area (TPSA) is 48.0 Å². The number of morpholine rings is 1.